The van der Waals surface area contributed by atoms with Gasteiger partial charge in [0.1, 0.15) is 0 Å². The summed E-state index contributed by atoms with van der Waals surface area (Å²) in [5, 5.41) is 27.6. The Kier molecular flexibility index (Phi) is 4.42. The second kappa shape index (κ2) is 6.74. The number of aliphatic hydroxyl groups is 1. The Labute approximate surface area is 159 Å². The molecule has 1 unspecified atom stereocenters. The number of hydrogen-bond acceptors (Lipinski definition) is 6. The third-order valence-electron chi connectivity index (χ3n) is 4.55. The summed E-state index contributed by atoms with van der Waals surface area (Å²) in [6, 6.07) is 7.47. The van der Waals surface area contributed by atoms with Gasteiger partial charge in [0, 0.05) is 23.0 Å². The van der Waals surface area contributed by atoms with Crippen LogP contribution in [0.25, 0.3) is 4.96 Å². The Hall–Kier alpha value is -2.38. The zero-order chi connectivity index (χ0) is 18.3. The first-order valence-electron chi connectivity index (χ1n) is 8.35. The van der Waals surface area contributed by atoms with E-state index >= 15 is 0 Å². The highest BCUT2D eigenvalue weighted by atomic mass is 35.5. The molecule has 0 radical (unpaired) electrons. The standard InChI is InChI=1S/C18H18ClN5OS/c1-10-9-14(25)7-8-15(10)11(2)16-21-22-18-24(16)23-17(26-18)20-13-5-3-12(19)4-6-13/h3-8,10-11,25H,9H2,1-2H3,(H,20,23)/t10?,11-/m1/s1. The number of benzene rings is 1. The number of fused-ring (bicyclic) bond motifs is 1. The highest BCUT2D eigenvalue weighted by Gasteiger charge is 2.25. The molecule has 8 heteroatoms. The second-order valence-corrected chi connectivity index (χ2v) is 7.84. The molecule has 3 aromatic rings. The first-order chi connectivity index (χ1) is 12.5. The molecule has 6 nitrogen and oxygen atoms in total. The van der Waals surface area contributed by atoms with Crippen molar-refractivity contribution in [2.45, 2.75) is 26.2 Å². The molecule has 2 atom stereocenters. The molecular weight excluding hydrogens is 370 g/mol. The molecule has 0 fully saturated rings. The number of aromatic nitrogens is 4. The molecule has 2 heterocycles. The molecular formula is C18H18ClN5OS. The Morgan fingerprint density at radius 2 is 2.04 bits per heavy atom. The summed E-state index contributed by atoms with van der Waals surface area (Å²) < 4.78 is 1.79. The summed E-state index contributed by atoms with van der Waals surface area (Å²) in [7, 11) is 0. The van der Waals surface area contributed by atoms with Gasteiger partial charge in [0.25, 0.3) is 0 Å². The van der Waals surface area contributed by atoms with Crippen molar-refractivity contribution < 1.29 is 5.11 Å². The largest absolute Gasteiger partial charge is 0.512 e. The third-order valence-corrected chi connectivity index (χ3v) is 5.62. The summed E-state index contributed by atoms with van der Waals surface area (Å²) in [4.78, 5) is 0.741. The number of nitrogens with zero attached hydrogens (tertiary/aromatic N) is 4. The number of allylic oxidation sites excluding steroid dienone is 4. The van der Waals surface area contributed by atoms with E-state index in [1.807, 2.05) is 30.3 Å². The SMILES string of the molecule is CC1CC(O)=CC=C1[C@@H](C)c1nnc2sc(Nc3ccc(Cl)cc3)nn12. The van der Waals surface area contributed by atoms with Crippen molar-refractivity contribution in [3.8, 4) is 0 Å². The van der Waals surface area contributed by atoms with Gasteiger partial charge in [-0.05, 0) is 36.3 Å². The maximum atomic E-state index is 9.70. The van der Waals surface area contributed by atoms with Gasteiger partial charge >= 0.3 is 0 Å². The normalized spacial score (nSPS) is 18.5. The van der Waals surface area contributed by atoms with Crippen LogP contribution in [0.4, 0.5) is 10.8 Å². The number of anilines is 2. The summed E-state index contributed by atoms with van der Waals surface area (Å²) in [6.45, 7) is 4.21. The zero-order valence-corrected chi connectivity index (χ0v) is 15.9. The van der Waals surface area contributed by atoms with E-state index in [0.29, 0.717) is 17.2 Å². The molecule has 26 heavy (non-hydrogen) atoms. The van der Waals surface area contributed by atoms with Gasteiger partial charge in [-0.3, -0.25) is 0 Å². The quantitative estimate of drug-likeness (QED) is 0.651. The van der Waals surface area contributed by atoms with Crippen LogP contribution in [0.5, 0.6) is 0 Å². The van der Waals surface area contributed by atoms with Crippen molar-refractivity contribution in [1.29, 1.82) is 0 Å². The molecule has 4 rings (SSSR count). The van der Waals surface area contributed by atoms with Crippen LogP contribution < -0.4 is 5.32 Å². The molecule has 0 saturated carbocycles. The van der Waals surface area contributed by atoms with Crippen LogP contribution in [-0.4, -0.2) is 24.9 Å². The van der Waals surface area contributed by atoms with E-state index in [4.69, 9.17) is 11.6 Å². The van der Waals surface area contributed by atoms with Gasteiger partial charge in [-0.1, -0.05) is 48.4 Å². The zero-order valence-electron chi connectivity index (χ0n) is 14.3. The topological polar surface area (TPSA) is 75.3 Å². The molecule has 0 saturated heterocycles. The lowest BCUT2D eigenvalue weighted by Crippen LogP contribution is -2.13. The van der Waals surface area contributed by atoms with Crippen molar-refractivity contribution in [3.05, 3.63) is 58.6 Å². The lowest BCUT2D eigenvalue weighted by molar-refractivity contribution is 0.361. The second-order valence-electron chi connectivity index (χ2n) is 6.44. The molecule has 0 spiro atoms. The molecule has 1 aromatic carbocycles. The molecule has 134 valence electrons. The minimum Gasteiger partial charge on any atom is -0.512 e. The van der Waals surface area contributed by atoms with E-state index in [-0.39, 0.29) is 11.8 Å². The maximum absolute atomic E-state index is 9.70. The number of aliphatic hydroxyl groups excluding tert-OH is 1. The number of hydrogen-bond donors (Lipinski definition) is 2. The van der Waals surface area contributed by atoms with E-state index in [1.165, 1.54) is 16.9 Å². The maximum Gasteiger partial charge on any atom is 0.236 e. The minimum absolute atomic E-state index is 0.0647. The lowest BCUT2D eigenvalue weighted by atomic mass is 9.84. The van der Waals surface area contributed by atoms with Crippen LogP contribution in [0.3, 0.4) is 0 Å². The predicted octanol–water partition coefficient (Wildman–Crippen LogP) is 5.09. The summed E-state index contributed by atoms with van der Waals surface area (Å²) >= 11 is 7.37. The molecule has 2 N–H and O–H groups in total. The van der Waals surface area contributed by atoms with Crippen molar-refractivity contribution in [2.24, 2.45) is 5.92 Å². The van der Waals surface area contributed by atoms with Crippen molar-refractivity contribution >= 4 is 38.7 Å². The number of halogens is 1. The average Bonchev–Trinajstić information content (AvgIpc) is 3.16. The van der Waals surface area contributed by atoms with E-state index < -0.39 is 0 Å². The van der Waals surface area contributed by atoms with E-state index in [9.17, 15) is 5.11 Å². The Balaban J connectivity index is 1.63. The van der Waals surface area contributed by atoms with Gasteiger partial charge in [0.05, 0.1) is 5.76 Å². The van der Waals surface area contributed by atoms with E-state index in [1.54, 1.807) is 10.6 Å². The monoisotopic (exact) mass is 387 g/mol. The van der Waals surface area contributed by atoms with E-state index in [2.05, 4.69) is 34.5 Å². The summed E-state index contributed by atoms with van der Waals surface area (Å²) in [5.74, 6) is 1.54. The lowest BCUT2D eigenvalue weighted by Gasteiger charge is -2.23. The molecule has 2 aromatic heterocycles. The van der Waals surface area contributed by atoms with Crippen LogP contribution in [0, 0.1) is 5.92 Å². The molecule has 1 aliphatic carbocycles. The Bertz CT molecular complexity index is 1000. The smallest absolute Gasteiger partial charge is 0.236 e. The molecule has 0 bridgehead atoms. The van der Waals surface area contributed by atoms with Crippen LogP contribution >= 0.6 is 22.9 Å². The van der Waals surface area contributed by atoms with Crippen LogP contribution in [-0.2, 0) is 0 Å². The van der Waals surface area contributed by atoms with Gasteiger partial charge in [-0.25, -0.2) is 0 Å². The predicted molar refractivity (Wildman–Crippen MR) is 104 cm³/mol. The van der Waals surface area contributed by atoms with Gasteiger partial charge in [0.15, 0.2) is 5.82 Å². The van der Waals surface area contributed by atoms with Crippen molar-refractivity contribution in [2.75, 3.05) is 5.32 Å². The van der Waals surface area contributed by atoms with E-state index in [0.717, 1.165) is 21.6 Å². The van der Waals surface area contributed by atoms with Gasteiger partial charge in [-0.15, -0.1) is 15.3 Å². The van der Waals surface area contributed by atoms with Crippen LogP contribution in [0.1, 0.15) is 32.0 Å². The Morgan fingerprint density at radius 1 is 1.27 bits per heavy atom. The number of nitrogens with one attached hydrogen (secondary N) is 1. The van der Waals surface area contributed by atoms with Gasteiger partial charge < -0.3 is 10.4 Å². The first-order valence-corrected chi connectivity index (χ1v) is 9.55. The van der Waals surface area contributed by atoms with Crippen LogP contribution in [0.2, 0.25) is 5.02 Å². The Morgan fingerprint density at radius 3 is 2.77 bits per heavy atom. The molecule has 0 aliphatic heterocycles. The van der Waals surface area contributed by atoms with Crippen molar-refractivity contribution in [3.63, 3.8) is 0 Å². The molecule has 0 amide bonds. The average molecular weight is 388 g/mol. The van der Waals surface area contributed by atoms with Gasteiger partial charge in [0.2, 0.25) is 10.1 Å². The van der Waals surface area contributed by atoms with Gasteiger partial charge in [-0.2, -0.15) is 4.52 Å². The molecule has 1 aliphatic rings. The summed E-state index contributed by atoms with van der Waals surface area (Å²) in [5.41, 5.74) is 2.13. The minimum atomic E-state index is 0.0647. The first kappa shape index (κ1) is 17.1. The highest BCUT2D eigenvalue weighted by molar-refractivity contribution is 7.20. The number of rotatable bonds is 4. The summed E-state index contributed by atoms with van der Waals surface area (Å²) in [6.07, 6.45) is 4.39. The fourth-order valence-corrected chi connectivity index (χ4v) is 4.08. The fraction of sp³-hybridized carbons (Fsp3) is 0.278. The van der Waals surface area contributed by atoms with Crippen molar-refractivity contribution in [1.82, 2.24) is 19.8 Å². The highest BCUT2D eigenvalue weighted by Crippen LogP contribution is 2.35. The van der Waals surface area contributed by atoms with Crippen LogP contribution in [0.15, 0.2) is 47.7 Å². The fourth-order valence-electron chi connectivity index (χ4n) is 3.19. The third kappa shape index (κ3) is 3.20.